The monoisotopic (exact) mass is 329 g/mol. The Hall–Kier alpha value is -0.696. The SMILES string of the molecule is Cc1ccccc1OC(CC[NH-])c1ccccc1.[Y]. The van der Waals surface area contributed by atoms with Gasteiger partial charge in [0, 0.05) is 32.7 Å². The van der Waals surface area contributed by atoms with Gasteiger partial charge in [-0.05, 0) is 30.5 Å². The van der Waals surface area contributed by atoms with Gasteiger partial charge in [-0.2, -0.15) is 0 Å². The van der Waals surface area contributed by atoms with Crippen LogP contribution in [-0.2, 0) is 32.7 Å². The molecule has 2 nitrogen and oxygen atoms in total. The molecular formula is C16H18NOY-. The van der Waals surface area contributed by atoms with E-state index in [0.29, 0.717) is 13.0 Å². The molecule has 3 heteroatoms. The van der Waals surface area contributed by atoms with E-state index in [9.17, 15) is 0 Å². The maximum absolute atomic E-state index is 7.42. The van der Waals surface area contributed by atoms with E-state index < -0.39 is 0 Å². The zero-order valence-corrected chi connectivity index (χ0v) is 14.0. The van der Waals surface area contributed by atoms with E-state index in [0.717, 1.165) is 16.9 Å². The molecule has 0 aliphatic heterocycles. The van der Waals surface area contributed by atoms with Crippen LogP contribution in [0, 0.1) is 6.92 Å². The van der Waals surface area contributed by atoms with E-state index in [1.165, 1.54) is 0 Å². The molecule has 0 saturated heterocycles. The molecule has 1 N–H and O–H groups in total. The minimum absolute atomic E-state index is 0. The van der Waals surface area contributed by atoms with Gasteiger partial charge < -0.3 is 10.5 Å². The smallest absolute Gasteiger partial charge is 0.123 e. The van der Waals surface area contributed by atoms with Crippen LogP contribution in [0.25, 0.3) is 5.73 Å². The third-order valence-corrected chi connectivity index (χ3v) is 2.94. The van der Waals surface area contributed by atoms with Gasteiger partial charge in [0.1, 0.15) is 11.9 Å². The van der Waals surface area contributed by atoms with Crippen LogP contribution in [0.5, 0.6) is 5.75 Å². The van der Waals surface area contributed by atoms with Crippen LogP contribution in [0.1, 0.15) is 23.7 Å². The molecule has 0 aromatic heterocycles. The van der Waals surface area contributed by atoms with Crippen LogP contribution in [0.15, 0.2) is 54.6 Å². The molecule has 0 fully saturated rings. The van der Waals surface area contributed by atoms with Crippen LogP contribution in [0.3, 0.4) is 0 Å². The fourth-order valence-electron chi connectivity index (χ4n) is 1.93. The molecule has 0 aliphatic rings. The second-order valence-corrected chi connectivity index (χ2v) is 4.32. The number of nitrogens with one attached hydrogen (secondary N) is 1. The Morgan fingerprint density at radius 3 is 2.26 bits per heavy atom. The number of ether oxygens (including phenoxy) is 1. The van der Waals surface area contributed by atoms with Crippen molar-refractivity contribution in [2.75, 3.05) is 6.54 Å². The summed E-state index contributed by atoms with van der Waals surface area (Å²) in [7, 11) is 0. The van der Waals surface area contributed by atoms with Crippen LogP contribution >= 0.6 is 0 Å². The van der Waals surface area contributed by atoms with Crippen molar-refractivity contribution >= 4 is 0 Å². The predicted octanol–water partition coefficient (Wildman–Crippen LogP) is 4.55. The van der Waals surface area contributed by atoms with Gasteiger partial charge in [0.05, 0.1) is 0 Å². The topological polar surface area (TPSA) is 33.0 Å². The molecule has 2 rings (SSSR count). The van der Waals surface area contributed by atoms with E-state index in [1.807, 2.05) is 49.4 Å². The summed E-state index contributed by atoms with van der Waals surface area (Å²) in [5.74, 6) is 0.903. The quantitative estimate of drug-likeness (QED) is 0.792. The van der Waals surface area contributed by atoms with Gasteiger partial charge in [0.2, 0.25) is 0 Å². The molecule has 0 heterocycles. The summed E-state index contributed by atoms with van der Waals surface area (Å²) in [5.41, 5.74) is 9.68. The third kappa shape index (κ3) is 4.72. The Bertz CT molecular complexity index is 487. The van der Waals surface area contributed by atoms with Crippen molar-refractivity contribution in [3.05, 3.63) is 71.5 Å². The molecule has 0 aliphatic carbocycles. The summed E-state index contributed by atoms with van der Waals surface area (Å²) >= 11 is 0. The molecule has 2 aromatic carbocycles. The summed E-state index contributed by atoms with van der Waals surface area (Å²) in [4.78, 5) is 0. The Labute approximate surface area is 140 Å². The molecule has 1 unspecified atom stereocenters. The first-order valence-electron chi connectivity index (χ1n) is 6.23. The van der Waals surface area contributed by atoms with Crippen molar-refractivity contribution in [1.29, 1.82) is 0 Å². The fraction of sp³-hybridized carbons (Fsp3) is 0.250. The van der Waals surface area contributed by atoms with E-state index in [2.05, 4.69) is 12.1 Å². The number of hydrogen-bond donors (Lipinski definition) is 0. The Morgan fingerprint density at radius 2 is 1.63 bits per heavy atom. The molecule has 1 atom stereocenters. The van der Waals surface area contributed by atoms with Gasteiger partial charge >= 0.3 is 0 Å². The minimum Gasteiger partial charge on any atom is -0.677 e. The molecule has 0 saturated carbocycles. The van der Waals surface area contributed by atoms with Crippen molar-refractivity contribution in [3.63, 3.8) is 0 Å². The molecule has 2 aromatic rings. The average Bonchev–Trinajstić information content (AvgIpc) is 2.42. The van der Waals surface area contributed by atoms with Crippen LogP contribution < -0.4 is 4.74 Å². The van der Waals surface area contributed by atoms with E-state index in [1.54, 1.807) is 0 Å². The largest absolute Gasteiger partial charge is 0.677 e. The second kappa shape index (κ2) is 8.47. The summed E-state index contributed by atoms with van der Waals surface area (Å²) in [6.07, 6.45) is 0.669. The Morgan fingerprint density at radius 1 is 1.00 bits per heavy atom. The zero-order valence-electron chi connectivity index (χ0n) is 11.2. The number of rotatable bonds is 5. The molecule has 0 amide bonds. The van der Waals surface area contributed by atoms with Crippen LogP contribution in [-0.4, -0.2) is 6.54 Å². The number of hydrogen-bond acceptors (Lipinski definition) is 1. The first-order chi connectivity index (χ1) is 8.81. The molecule has 1 radical (unpaired) electrons. The Kier molecular flexibility index (Phi) is 7.29. The van der Waals surface area contributed by atoms with Gasteiger partial charge in [0.25, 0.3) is 0 Å². The van der Waals surface area contributed by atoms with Crippen molar-refractivity contribution in [2.24, 2.45) is 0 Å². The van der Waals surface area contributed by atoms with Crippen LogP contribution in [0.2, 0.25) is 0 Å². The normalized spacial score (nSPS) is 11.5. The summed E-state index contributed by atoms with van der Waals surface area (Å²) in [6, 6.07) is 18.1. The van der Waals surface area contributed by atoms with E-state index in [4.69, 9.17) is 10.5 Å². The third-order valence-electron chi connectivity index (χ3n) is 2.94. The zero-order chi connectivity index (χ0) is 12.8. The summed E-state index contributed by atoms with van der Waals surface area (Å²) in [6.45, 7) is 2.41. The van der Waals surface area contributed by atoms with Crippen molar-refractivity contribution in [3.8, 4) is 5.75 Å². The van der Waals surface area contributed by atoms with E-state index >= 15 is 0 Å². The first-order valence-corrected chi connectivity index (χ1v) is 6.23. The molecular weight excluding hydrogens is 311 g/mol. The second-order valence-electron chi connectivity index (χ2n) is 4.32. The maximum Gasteiger partial charge on any atom is 0.123 e. The molecule has 19 heavy (non-hydrogen) atoms. The molecule has 0 spiro atoms. The number of para-hydroxylation sites is 1. The van der Waals surface area contributed by atoms with Gasteiger partial charge in [-0.25, -0.2) is 0 Å². The van der Waals surface area contributed by atoms with Gasteiger partial charge in [-0.3, -0.25) is 0 Å². The standard InChI is InChI=1S/C16H18NO.Y/c1-13-7-5-6-10-15(13)18-16(11-12-17)14-8-3-2-4-9-14;/h2-10,16-17H,11-12H2,1H3;/q-1;. The maximum atomic E-state index is 7.42. The number of benzene rings is 2. The minimum atomic E-state index is -0.0372. The van der Waals surface area contributed by atoms with Gasteiger partial charge in [-0.15, -0.1) is 6.54 Å². The first kappa shape index (κ1) is 16.4. The van der Waals surface area contributed by atoms with Crippen molar-refractivity contribution in [1.82, 2.24) is 0 Å². The average molecular weight is 329 g/mol. The summed E-state index contributed by atoms with van der Waals surface area (Å²) < 4.78 is 6.05. The Balaban J connectivity index is 0.00000180. The van der Waals surface area contributed by atoms with Crippen LogP contribution in [0.4, 0.5) is 0 Å². The molecule has 0 bridgehead atoms. The summed E-state index contributed by atoms with van der Waals surface area (Å²) in [5, 5.41) is 0. The van der Waals surface area contributed by atoms with Gasteiger partial charge in [0.15, 0.2) is 0 Å². The predicted molar refractivity (Wildman–Crippen MR) is 74.8 cm³/mol. The molecule has 97 valence electrons. The van der Waals surface area contributed by atoms with Gasteiger partial charge in [-0.1, -0.05) is 48.5 Å². The van der Waals surface area contributed by atoms with Crippen molar-refractivity contribution in [2.45, 2.75) is 19.4 Å². The van der Waals surface area contributed by atoms with Crippen molar-refractivity contribution < 1.29 is 37.4 Å². The number of aryl methyl sites for hydroxylation is 1. The van der Waals surface area contributed by atoms with E-state index in [-0.39, 0.29) is 38.8 Å². The fourth-order valence-corrected chi connectivity index (χ4v) is 1.93.